The van der Waals surface area contributed by atoms with E-state index in [1.165, 1.54) is 12.3 Å². The van der Waals surface area contributed by atoms with Gasteiger partial charge in [0, 0.05) is 0 Å². The van der Waals surface area contributed by atoms with Gasteiger partial charge in [0.05, 0.1) is 23.7 Å². The van der Waals surface area contributed by atoms with Crippen molar-refractivity contribution in [2.75, 3.05) is 23.9 Å². The molecular weight excluding hydrogens is 427 g/mol. The lowest BCUT2D eigenvalue weighted by Crippen LogP contribution is -2.39. The second-order valence-electron chi connectivity index (χ2n) is 6.22. The Morgan fingerprint density at radius 2 is 1.93 bits per heavy atom. The first kappa shape index (κ1) is 21.4. The number of benzene rings is 2. The molecule has 0 aromatic heterocycles. The first-order chi connectivity index (χ1) is 14.0. The maximum absolute atomic E-state index is 12.9. The van der Waals surface area contributed by atoms with Crippen molar-refractivity contribution in [2.24, 2.45) is 5.10 Å². The van der Waals surface area contributed by atoms with Crippen molar-refractivity contribution in [1.29, 1.82) is 0 Å². The molecule has 0 saturated carbocycles. The van der Waals surface area contributed by atoms with Crippen molar-refractivity contribution >= 4 is 27.8 Å². The average molecular weight is 443 g/mol. The smallest absolute Gasteiger partial charge is 0.416 e. The van der Waals surface area contributed by atoms with Crippen LogP contribution in [-0.4, -0.2) is 40.1 Å². The molecule has 0 unspecified atom stereocenters. The highest BCUT2D eigenvalue weighted by atomic mass is 32.2. The first-order valence-electron chi connectivity index (χ1n) is 8.40. The molecule has 8 nitrogen and oxygen atoms in total. The number of ether oxygens (including phenoxy) is 2. The summed E-state index contributed by atoms with van der Waals surface area (Å²) in [6.45, 7) is -0.651. The maximum Gasteiger partial charge on any atom is 0.416 e. The first-order valence-corrected chi connectivity index (χ1v) is 10.3. The number of anilines is 1. The molecule has 0 saturated heterocycles. The minimum atomic E-state index is -4.66. The molecule has 0 fully saturated rings. The number of carbonyl (C=O) groups is 1. The van der Waals surface area contributed by atoms with Gasteiger partial charge in [0.25, 0.3) is 5.91 Å². The summed E-state index contributed by atoms with van der Waals surface area (Å²) >= 11 is 0. The number of rotatable bonds is 6. The predicted molar refractivity (Wildman–Crippen MR) is 102 cm³/mol. The third-order valence-electron chi connectivity index (χ3n) is 3.95. The SMILES string of the molecule is CS(=O)(=O)N(CC(=O)N/N=C\c1ccc2c(c1)OCO2)c1cccc(C(F)(F)F)c1. The lowest BCUT2D eigenvalue weighted by molar-refractivity contribution is -0.137. The quantitative estimate of drug-likeness (QED) is 0.546. The molecule has 1 amide bonds. The number of hydrogen-bond acceptors (Lipinski definition) is 6. The van der Waals surface area contributed by atoms with Gasteiger partial charge in [0.1, 0.15) is 6.54 Å². The molecule has 1 aliphatic heterocycles. The van der Waals surface area contributed by atoms with Crippen molar-refractivity contribution in [2.45, 2.75) is 6.18 Å². The molecule has 1 N–H and O–H groups in total. The Morgan fingerprint density at radius 1 is 1.20 bits per heavy atom. The van der Waals surface area contributed by atoms with Crippen molar-refractivity contribution in [1.82, 2.24) is 5.43 Å². The third-order valence-corrected chi connectivity index (χ3v) is 5.09. The van der Waals surface area contributed by atoms with Crippen molar-refractivity contribution in [3.05, 3.63) is 53.6 Å². The molecule has 0 radical (unpaired) electrons. The number of alkyl halides is 3. The molecule has 1 heterocycles. The molecule has 30 heavy (non-hydrogen) atoms. The number of nitrogens with zero attached hydrogens (tertiary/aromatic N) is 2. The zero-order chi connectivity index (χ0) is 21.9. The summed E-state index contributed by atoms with van der Waals surface area (Å²) in [6.07, 6.45) is -2.57. The number of hydrazone groups is 1. The molecule has 1 aliphatic rings. The van der Waals surface area contributed by atoms with Crippen LogP contribution in [-0.2, 0) is 21.0 Å². The average Bonchev–Trinajstić information content (AvgIpc) is 3.12. The summed E-state index contributed by atoms with van der Waals surface area (Å²) in [6, 6.07) is 8.64. The van der Waals surface area contributed by atoms with Crippen LogP contribution in [0, 0.1) is 0 Å². The highest BCUT2D eigenvalue weighted by molar-refractivity contribution is 7.92. The van der Waals surface area contributed by atoms with E-state index in [4.69, 9.17) is 9.47 Å². The van der Waals surface area contributed by atoms with Gasteiger partial charge >= 0.3 is 6.18 Å². The lowest BCUT2D eigenvalue weighted by atomic mass is 10.2. The van der Waals surface area contributed by atoms with E-state index in [0.717, 1.165) is 18.4 Å². The minimum Gasteiger partial charge on any atom is -0.454 e. The van der Waals surface area contributed by atoms with E-state index in [1.54, 1.807) is 18.2 Å². The van der Waals surface area contributed by atoms with Crippen molar-refractivity contribution in [3.63, 3.8) is 0 Å². The van der Waals surface area contributed by atoms with E-state index in [2.05, 4.69) is 10.5 Å². The van der Waals surface area contributed by atoms with Crippen LogP contribution in [0.2, 0.25) is 0 Å². The van der Waals surface area contributed by atoms with E-state index in [1.807, 2.05) is 0 Å². The van der Waals surface area contributed by atoms with E-state index >= 15 is 0 Å². The van der Waals surface area contributed by atoms with Gasteiger partial charge in [-0.25, -0.2) is 13.8 Å². The summed E-state index contributed by atoms with van der Waals surface area (Å²) < 4.78 is 73.8. The summed E-state index contributed by atoms with van der Waals surface area (Å²) in [4.78, 5) is 12.1. The fourth-order valence-corrected chi connectivity index (χ4v) is 3.42. The van der Waals surface area contributed by atoms with Crippen LogP contribution >= 0.6 is 0 Å². The lowest BCUT2D eigenvalue weighted by Gasteiger charge is -2.22. The topological polar surface area (TPSA) is 97.3 Å². The molecule has 0 spiro atoms. The minimum absolute atomic E-state index is 0.101. The molecule has 2 aromatic carbocycles. The van der Waals surface area contributed by atoms with Gasteiger partial charge in [-0.05, 0) is 42.0 Å². The van der Waals surface area contributed by atoms with Crippen molar-refractivity contribution in [3.8, 4) is 11.5 Å². The van der Waals surface area contributed by atoms with Crippen LogP contribution in [0.5, 0.6) is 11.5 Å². The van der Waals surface area contributed by atoms with E-state index in [-0.39, 0.29) is 12.5 Å². The molecule has 0 atom stereocenters. The second-order valence-corrected chi connectivity index (χ2v) is 8.13. The highest BCUT2D eigenvalue weighted by Gasteiger charge is 2.32. The van der Waals surface area contributed by atoms with Crippen LogP contribution in [0.4, 0.5) is 18.9 Å². The van der Waals surface area contributed by atoms with E-state index in [9.17, 15) is 26.4 Å². The maximum atomic E-state index is 12.9. The van der Waals surface area contributed by atoms with Crippen LogP contribution < -0.4 is 19.2 Å². The molecule has 0 aliphatic carbocycles. The standard InChI is InChI=1S/C18H16F3N3O5S/c1-30(26,27)24(14-4-2-3-13(8-14)18(19,20)21)10-17(25)23-22-9-12-5-6-15-16(7-12)29-11-28-15/h2-9H,10-11H2,1H3,(H,23,25)/b22-9-. The number of hydrogen-bond donors (Lipinski definition) is 1. The van der Waals surface area contributed by atoms with Gasteiger partial charge in [0.2, 0.25) is 16.8 Å². The van der Waals surface area contributed by atoms with Crippen molar-refractivity contribution < 1.29 is 35.9 Å². The zero-order valence-electron chi connectivity index (χ0n) is 15.5. The van der Waals surface area contributed by atoms with Gasteiger partial charge in [-0.15, -0.1) is 0 Å². The fraction of sp³-hybridized carbons (Fsp3) is 0.222. The summed E-state index contributed by atoms with van der Waals surface area (Å²) in [5.41, 5.74) is 1.40. The number of fused-ring (bicyclic) bond motifs is 1. The molecule has 3 rings (SSSR count). The number of amides is 1. The number of nitrogens with one attached hydrogen (secondary N) is 1. The van der Waals surface area contributed by atoms with Gasteiger partial charge in [-0.2, -0.15) is 18.3 Å². The van der Waals surface area contributed by atoms with E-state index < -0.39 is 34.2 Å². The van der Waals surface area contributed by atoms with Gasteiger partial charge in [0.15, 0.2) is 11.5 Å². The summed E-state index contributed by atoms with van der Waals surface area (Å²) in [5, 5.41) is 3.73. The number of sulfonamides is 1. The largest absolute Gasteiger partial charge is 0.454 e. The Hall–Kier alpha value is -3.28. The fourth-order valence-electron chi connectivity index (χ4n) is 2.58. The summed E-state index contributed by atoms with van der Waals surface area (Å²) in [7, 11) is -4.04. The Labute approximate surface area is 169 Å². The zero-order valence-corrected chi connectivity index (χ0v) is 16.3. The van der Waals surface area contributed by atoms with Gasteiger partial charge in [-0.3, -0.25) is 9.10 Å². The van der Waals surface area contributed by atoms with Gasteiger partial charge in [-0.1, -0.05) is 6.07 Å². The number of carbonyl (C=O) groups excluding carboxylic acids is 1. The third kappa shape index (κ3) is 5.20. The Bertz CT molecular complexity index is 1090. The molecule has 160 valence electrons. The van der Waals surface area contributed by atoms with Crippen LogP contribution in [0.3, 0.4) is 0 Å². The molecule has 2 aromatic rings. The Balaban J connectivity index is 1.71. The molecule has 0 bridgehead atoms. The Kier molecular flexibility index (Phi) is 5.87. The molecular formula is C18H16F3N3O5S. The number of halogens is 3. The monoisotopic (exact) mass is 443 g/mol. The highest BCUT2D eigenvalue weighted by Crippen LogP contribution is 2.33. The van der Waals surface area contributed by atoms with E-state index in [0.29, 0.717) is 27.4 Å². The van der Waals surface area contributed by atoms with Crippen LogP contribution in [0.1, 0.15) is 11.1 Å². The Morgan fingerprint density at radius 3 is 2.63 bits per heavy atom. The predicted octanol–water partition coefficient (Wildman–Crippen LogP) is 2.35. The van der Waals surface area contributed by atoms with Gasteiger partial charge < -0.3 is 9.47 Å². The summed E-state index contributed by atoms with van der Waals surface area (Å²) in [5.74, 6) is 0.244. The normalized spacial score (nSPS) is 13.5. The molecule has 12 heteroatoms. The van der Waals surface area contributed by atoms with Crippen LogP contribution in [0.25, 0.3) is 0 Å². The van der Waals surface area contributed by atoms with Crippen LogP contribution in [0.15, 0.2) is 47.6 Å². The second kappa shape index (κ2) is 8.22.